The molecule has 86 valence electrons. The van der Waals surface area contributed by atoms with E-state index in [1.54, 1.807) is 6.92 Å². The molecule has 1 aromatic carbocycles. The van der Waals surface area contributed by atoms with Crippen LogP contribution in [0.25, 0.3) is 0 Å². The first kappa shape index (κ1) is 11.6. The third kappa shape index (κ3) is 2.01. The van der Waals surface area contributed by atoms with Gasteiger partial charge in [-0.15, -0.1) is 0 Å². The number of Topliss-reactive ketones (excluding diaryl/α,β-unsaturated/α-hetero) is 1. The van der Waals surface area contributed by atoms with Crippen molar-refractivity contribution in [2.45, 2.75) is 26.2 Å². The minimum atomic E-state index is -0.0629. The van der Waals surface area contributed by atoms with Gasteiger partial charge >= 0.3 is 0 Å². The maximum Gasteiger partial charge on any atom is 0.134 e. The van der Waals surface area contributed by atoms with Crippen molar-refractivity contribution in [1.29, 1.82) is 5.26 Å². The van der Waals surface area contributed by atoms with Gasteiger partial charge in [0.15, 0.2) is 0 Å². The summed E-state index contributed by atoms with van der Waals surface area (Å²) in [7, 11) is 0. The fourth-order valence-corrected chi connectivity index (χ4v) is 2.63. The van der Waals surface area contributed by atoms with E-state index in [2.05, 4.69) is 6.07 Å². The van der Waals surface area contributed by atoms with Gasteiger partial charge in [0.1, 0.15) is 5.78 Å². The second-order valence-corrected chi connectivity index (χ2v) is 4.62. The third-order valence-corrected chi connectivity index (χ3v) is 3.50. The van der Waals surface area contributed by atoms with Gasteiger partial charge < -0.3 is 0 Å². The Morgan fingerprint density at radius 3 is 2.53 bits per heavy atom. The van der Waals surface area contributed by atoms with E-state index < -0.39 is 0 Å². The average molecular weight is 225 g/mol. The first-order chi connectivity index (χ1) is 8.15. The summed E-state index contributed by atoms with van der Waals surface area (Å²) in [6.07, 6.45) is 0.720. The highest BCUT2D eigenvalue weighted by Crippen LogP contribution is 2.43. The highest BCUT2D eigenvalue weighted by atomic mass is 16.1. The number of nitriles is 1. The number of ketones is 1. The Morgan fingerprint density at radius 1 is 1.35 bits per heavy atom. The summed E-state index contributed by atoms with van der Waals surface area (Å²) in [5.74, 6) is 0.0641. The van der Waals surface area contributed by atoms with Gasteiger partial charge in [-0.05, 0) is 25.8 Å². The molecule has 1 aromatic rings. The van der Waals surface area contributed by atoms with Crippen LogP contribution in [0.4, 0.5) is 0 Å². The van der Waals surface area contributed by atoms with Crippen LogP contribution in [0.5, 0.6) is 0 Å². The summed E-state index contributed by atoms with van der Waals surface area (Å²) < 4.78 is 0. The van der Waals surface area contributed by atoms with Gasteiger partial charge in [0.25, 0.3) is 0 Å². The minimum Gasteiger partial charge on any atom is -0.300 e. The van der Waals surface area contributed by atoms with Crippen molar-refractivity contribution in [2.24, 2.45) is 5.92 Å². The van der Waals surface area contributed by atoms with Crippen LogP contribution < -0.4 is 0 Å². The van der Waals surface area contributed by atoms with Gasteiger partial charge in [0, 0.05) is 17.4 Å². The van der Waals surface area contributed by atoms with Gasteiger partial charge in [-0.1, -0.05) is 35.9 Å². The van der Waals surface area contributed by atoms with E-state index in [1.165, 1.54) is 0 Å². The van der Waals surface area contributed by atoms with Gasteiger partial charge in [-0.2, -0.15) is 5.26 Å². The number of allylic oxidation sites excluding steroid dienone is 2. The maximum absolute atomic E-state index is 11.7. The second kappa shape index (κ2) is 4.55. The molecule has 2 atom stereocenters. The molecule has 0 amide bonds. The Bertz CT molecular complexity index is 507. The summed E-state index contributed by atoms with van der Waals surface area (Å²) in [4.78, 5) is 11.7. The Morgan fingerprint density at radius 2 is 2.00 bits per heavy atom. The molecule has 1 aliphatic carbocycles. The monoisotopic (exact) mass is 225 g/mol. The van der Waals surface area contributed by atoms with E-state index in [4.69, 9.17) is 0 Å². The van der Waals surface area contributed by atoms with Crippen molar-refractivity contribution in [3.8, 4) is 6.07 Å². The molecule has 0 spiro atoms. The molecule has 17 heavy (non-hydrogen) atoms. The SMILES string of the molecule is CC(=O)C1CC(C)=C(C#N)C1c1ccccc1. The zero-order valence-corrected chi connectivity index (χ0v) is 10.1. The van der Waals surface area contributed by atoms with Crippen molar-refractivity contribution in [3.05, 3.63) is 47.0 Å². The molecular formula is C15H15NO. The molecule has 2 rings (SSSR count). The van der Waals surface area contributed by atoms with Crippen LogP contribution in [0, 0.1) is 17.2 Å². The number of hydrogen-bond acceptors (Lipinski definition) is 2. The molecule has 0 N–H and O–H groups in total. The zero-order valence-electron chi connectivity index (χ0n) is 10.1. The summed E-state index contributed by atoms with van der Waals surface area (Å²) >= 11 is 0. The largest absolute Gasteiger partial charge is 0.300 e. The number of carbonyl (C=O) groups excluding carboxylic acids is 1. The smallest absolute Gasteiger partial charge is 0.134 e. The third-order valence-electron chi connectivity index (χ3n) is 3.50. The highest BCUT2D eigenvalue weighted by Gasteiger charge is 2.36. The number of carbonyl (C=O) groups is 1. The molecule has 0 saturated heterocycles. The Kier molecular flexibility index (Phi) is 3.10. The first-order valence-corrected chi connectivity index (χ1v) is 5.80. The molecule has 0 fully saturated rings. The lowest BCUT2D eigenvalue weighted by Crippen LogP contribution is -2.16. The van der Waals surface area contributed by atoms with Gasteiger partial charge in [0.2, 0.25) is 0 Å². The van der Waals surface area contributed by atoms with Crippen molar-refractivity contribution in [1.82, 2.24) is 0 Å². The second-order valence-electron chi connectivity index (χ2n) is 4.62. The summed E-state index contributed by atoms with van der Waals surface area (Å²) in [6, 6.07) is 12.1. The van der Waals surface area contributed by atoms with Gasteiger partial charge in [0.05, 0.1) is 6.07 Å². The molecule has 0 bridgehead atoms. The molecule has 0 saturated carbocycles. The van der Waals surface area contributed by atoms with Crippen LogP contribution in [0.1, 0.15) is 31.7 Å². The lowest BCUT2D eigenvalue weighted by Gasteiger charge is -2.18. The number of nitrogens with zero attached hydrogens (tertiary/aromatic N) is 1. The first-order valence-electron chi connectivity index (χ1n) is 5.80. The lowest BCUT2D eigenvalue weighted by molar-refractivity contribution is -0.120. The topological polar surface area (TPSA) is 40.9 Å². The number of benzene rings is 1. The number of hydrogen-bond donors (Lipinski definition) is 0. The minimum absolute atomic E-state index is 0.0429. The van der Waals surface area contributed by atoms with E-state index in [0.717, 1.165) is 23.1 Å². The van der Waals surface area contributed by atoms with Crippen LogP contribution in [-0.2, 0) is 4.79 Å². The predicted molar refractivity (Wildman–Crippen MR) is 66.3 cm³/mol. The fraction of sp³-hybridized carbons (Fsp3) is 0.333. The van der Waals surface area contributed by atoms with Crippen LogP contribution in [0.15, 0.2) is 41.5 Å². The fourth-order valence-electron chi connectivity index (χ4n) is 2.63. The van der Waals surface area contributed by atoms with E-state index in [0.29, 0.717) is 0 Å². The molecule has 0 radical (unpaired) electrons. The molecule has 2 heteroatoms. The van der Waals surface area contributed by atoms with Crippen molar-refractivity contribution in [3.63, 3.8) is 0 Å². The van der Waals surface area contributed by atoms with E-state index in [1.807, 2.05) is 37.3 Å². The van der Waals surface area contributed by atoms with E-state index in [-0.39, 0.29) is 17.6 Å². The zero-order chi connectivity index (χ0) is 12.4. The van der Waals surface area contributed by atoms with Crippen molar-refractivity contribution < 1.29 is 4.79 Å². The van der Waals surface area contributed by atoms with Gasteiger partial charge in [-0.25, -0.2) is 0 Å². The lowest BCUT2D eigenvalue weighted by atomic mass is 9.83. The van der Waals surface area contributed by atoms with Crippen LogP contribution in [0.2, 0.25) is 0 Å². The number of rotatable bonds is 2. The Labute approximate surface area is 102 Å². The highest BCUT2D eigenvalue weighted by molar-refractivity contribution is 5.82. The van der Waals surface area contributed by atoms with Crippen molar-refractivity contribution in [2.75, 3.05) is 0 Å². The maximum atomic E-state index is 11.7. The average Bonchev–Trinajstić information content (AvgIpc) is 2.67. The standard InChI is InChI=1S/C15H15NO/c1-10-8-13(11(2)17)15(14(10)9-16)12-6-4-3-5-7-12/h3-7,13,15H,8H2,1-2H3. The quantitative estimate of drug-likeness (QED) is 0.775. The van der Waals surface area contributed by atoms with Crippen LogP contribution in [0.3, 0.4) is 0 Å². The van der Waals surface area contributed by atoms with Crippen LogP contribution in [-0.4, -0.2) is 5.78 Å². The Balaban J connectivity index is 2.47. The van der Waals surface area contributed by atoms with Crippen molar-refractivity contribution >= 4 is 5.78 Å². The van der Waals surface area contributed by atoms with Gasteiger partial charge in [-0.3, -0.25) is 4.79 Å². The van der Waals surface area contributed by atoms with Crippen LogP contribution >= 0.6 is 0 Å². The molecule has 2 nitrogen and oxygen atoms in total. The normalized spacial score (nSPS) is 23.6. The molecule has 0 aromatic heterocycles. The molecule has 0 aliphatic heterocycles. The molecule has 2 unspecified atom stereocenters. The predicted octanol–water partition coefficient (Wildman–Crippen LogP) is 3.22. The molecule has 0 heterocycles. The molecular weight excluding hydrogens is 210 g/mol. The summed E-state index contributed by atoms with van der Waals surface area (Å²) in [6.45, 7) is 3.58. The Hall–Kier alpha value is -1.88. The van der Waals surface area contributed by atoms with E-state index >= 15 is 0 Å². The van der Waals surface area contributed by atoms with E-state index in [9.17, 15) is 10.1 Å². The summed E-state index contributed by atoms with van der Waals surface area (Å²) in [5, 5.41) is 9.25. The molecule has 1 aliphatic rings. The summed E-state index contributed by atoms with van der Waals surface area (Å²) in [5.41, 5.74) is 2.90.